The number of aliphatic carboxylic acids is 1. The van der Waals surface area contributed by atoms with Crippen LogP contribution in [0.1, 0.15) is 23.4 Å². The monoisotopic (exact) mass is 504 g/mol. The fourth-order valence-electron chi connectivity index (χ4n) is 3.65. The Morgan fingerprint density at radius 3 is 2.66 bits per heavy atom. The molecule has 0 saturated heterocycles. The topological polar surface area (TPSA) is 101 Å². The molecule has 4 rings (SSSR count). The molecule has 11 heteroatoms. The van der Waals surface area contributed by atoms with Gasteiger partial charge in [0.15, 0.2) is 0 Å². The molecule has 2 N–H and O–H groups in total. The zero-order valence-corrected chi connectivity index (χ0v) is 19.1. The Morgan fingerprint density at radius 2 is 1.97 bits per heavy atom. The zero-order valence-electron chi connectivity index (χ0n) is 18.4. The van der Waals surface area contributed by atoms with Crippen LogP contribution in [0.4, 0.5) is 13.2 Å². The van der Waals surface area contributed by atoms with Crippen molar-refractivity contribution >= 4 is 29.4 Å². The second-order valence-electron chi connectivity index (χ2n) is 7.88. The lowest BCUT2D eigenvalue weighted by atomic mass is 9.94. The van der Waals surface area contributed by atoms with Crippen LogP contribution in [0.2, 0.25) is 0 Å². The second kappa shape index (κ2) is 10.0. The molecule has 1 aliphatic rings. The molecule has 2 aromatic carbocycles. The maximum Gasteiger partial charge on any atom is 0.417 e. The van der Waals surface area contributed by atoms with E-state index in [1.165, 1.54) is 18.3 Å². The number of hydrogen-bond acceptors (Lipinski definition) is 6. The molecule has 2 unspecified atom stereocenters. The van der Waals surface area contributed by atoms with Gasteiger partial charge in [-0.1, -0.05) is 41.6 Å². The average Bonchev–Trinajstić information content (AvgIpc) is 3.30. The van der Waals surface area contributed by atoms with E-state index in [2.05, 4.69) is 20.4 Å². The SMILES string of the molecule is Cc1ccccc1-c1ccc(-c2nc(C3=CC(Cl)C(NCCC(=O)O)N=C3)no2)cc1C(F)(F)F. The summed E-state index contributed by atoms with van der Waals surface area (Å²) < 4.78 is 47.0. The van der Waals surface area contributed by atoms with E-state index in [-0.39, 0.29) is 35.8 Å². The molecule has 1 aromatic heterocycles. The van der Waals surface area contributed by atoms with Crippen molar-refractivity contribution in [2.45, 2.75) is 31.1 Å². The molecule has 7 nitrogen and oxygen atoms in total. The quantitative estimate of drug-likeness (QED) is 0.429. The summed E-state index contributed by atoms with van der Waals surface area (Å²) in [5.74, 6) is -0.904. The van der Waals surface area contributed by atoms with Crippen molar-refractivity contribution in [1.82, 2.24) is 15.5 Å². The van der Waals surface area contributed by atoms with E-state index in [0.717, 1.165) is 11.6 Å². The molecule has 0 amide bonds. The number of rotatable bonds is 7. The molecular formula is C24H20ClF3N4O3. The van der Waals surface area contributed by atoms with Crippen LogP contribution in [0.3, 0.4) is 0 Å². The van der Waals surface area contributed by atoms with Crippen molar-refractivity contribution in [3.8, 4) is 22.6 Å². The van der Waals surface area contributed by atoms with Crippen molar-refractivity contribution < 1.29 is 27.6 Å². The minimum atomic E-state index is -4.59. The maximum atomic E-state index is 13.9. The van der Waals surface area contributed by atoms with Gasteiger partial charge in [-0.15, -0.1) is 11.6 Å². The van der Waals surface area contributed by atoms with Gasteiger partial charge in [0.05, 0.1) is 17.4 Å². The fraction of sp³-hybridized carbons (Fsp3) is 0.250. The molecule has 0 fully saturated rings. The number of halogens is 4. The first-order valence-corrected chi connectivity index (χ1v) is 11.0. The Kier molecular flexibility index (Phi) is 7.04. The van der Waals surface area contributed by atoms with Crippen molar-refractivity contribution in [3.05, 3.63) is 65.5 Å². The Labute approximate surface area is 203 Å². The summed E-state index contributed by atoms with van der Waals surface area (Å²) in [6, 6.07) is 10.8. The first-order valence-electron chi connectivity index (χ1n) is 10.6. The van der Waals surface area contributed by atoms with Gasteiger partial charge in [-0.25, -0.2) is 0 Å². The Bertz CT molecular complexity index is 1300. The van der Waals surface area contributed by atoms with E-state index >= 15 is 0 Å². The van der Waals surface area contributed by atoms with Crippen LogP contribution in [-0.2, 0) is 11.0 Å². The molecule has 0 radical (unpaired) electrons. The molecule has 0 spiro atoms. The van der Waals surface area contributed by atoms with Gasteiger partial charge in [0.1, 0.15) is 6.17 Å². The highest BCUT2D eigenvalue weighted by molar-refractivity contribution is 6.25. The molecule has 35 heavy (non-hydrogen) atoms. The maximum absolute atomic E-state index is 13.9. The molecule has 2 atom stereocenters. The van der Waals surface area contributed by atoms with Crippen LogP contribution >= 0.6 is 11.6 Å². The molecule has 0 bridgehead atoms. The van der Waals surface area contributed by atoms with E-state index in [1.54, 1.807) is 37.3 Å². The molecule has 182 valence electrons. The minimum Gasteiger partial charge on any atom is -0.481 e. The Balaban J connectivity index is 1.59. The van der Waals surface area contributed by atoms with Crippen LogP contribution < -0.4 is 5.32 Å². The van der Waals surface area contributed by atoms with Gasteiger partial charge in [-0.3, -0.25) is 15.1 Å². The van der Waals surface area contributed by atoms with E-state index in [4.69, 9.17) is 21.2 Å². The third kappa shape index (κ3) is 5.60. The third-order valence-corrected chi connectivity index (χ3v) is 5.76. The lowest BCUT2D eigenvalue weighted by Crippen LogP contribution is -2.37. The largest absolute Gasteiger partial charge is 0.481 e. The normalized spacial score (nSPS) is 17.9. The van der Waals surface area contributed by atoms with Crippen molar-refractivity contribution in [2.24, 2.45) is 4.99 Å². The molecule has 0 saturated carbocycles. The van der Waals surface area contributed by atoms with E-state index in [0.29, 0.717) is 11.1 Å². The third-order valence-electron chi connectivity index (χ3n) is 5.40. The summed E-state index contributed by atoms with van der Waals surface area (Å²) in [7, 11) is 0. The summed E-state index contributed by atoms with van der Waals surface area (Å²) in [6.07, 6.45) is -2.14. The highest BCUT2D eigenvalue weighted by Crippen LogP contribution is 2.40. The van der Waals surface area contributed by atoms with Crippen molar-refractivity contribution in [3.63, 3.8) is 0 Å². The first kappa shape index (κ1) is 24.6. The van der Waals surface area contributed by atoms with Gasteiger partial charge in [0, 0.05) is 23.9 Å². The van der Waals surface area contributed by atoms with Gasteiger partial charge < -0.3 is 9.63 Å². The Hall–Kier alpha value is -3.50. The number of carboxylic acid groups (broad SMARTS) is 1. The van der Waals surface area contributed by atoms with Crippen LogP contribution in [0.25, 0.3) is 28.2 Å². The van der Waals surface area contributed by atoms with Crippen LogP contribution in [-0.4, -0.2) is 45.5 Å². The van der Waals surface area contributed by atoms with Crippen LogP contribution in [0, 0.1) is 6.92 Å². The standard InChI is InChI=1S/C24H20ClF3N4O3/c1-13-4-2-3-5-16(13)17-7-6-14(10-18(17)24(26,27)28)23-31-21(32-35-23)15-11-19(25)22(30-12-15)29-9-8-20(33)34/h2-7,10-12,19,22,29H,8-9H2,1H3,(H,33,34). The molecule has 3 aromatic rings. The predicted molar refractivity (Wildman–Crippen MR) is 125 cm³/mol. The van der Waals surface area contributed by atoms with Crippen LogP contribution in [0.15, 0.2) is 58.1 Å². The van der Waals surface area contributed by atoms with E-state index in [1.807, 2.05) is 0 Å². The molecule has 0 aliphatic carbocycles. The Morgan fingerprint density at radius 1 is 1.20 bits per heavy atom. The van der Waals surface area contributed by atoms with Crippen molar-refractivity contribution in [1.29, 1.82) is 0 Å². The van der Waals surface area contributed by atoms with Gasteiger partial charge in [0.2, 0.25) is 5.82 Å². The number of nitrogens with one attached hydrogen (secondary N) is 1. The predicted octanol–water partition coefficient (Wildman–Crippen LogP) is 5.20. The van der Waals surface area contributed by atoms with Crippen molar-refractivity contribution in [2.75, 3.05) is 6.54 Å². The summed E-state index contributed by atoms with van der Waals surface area (Å²) in [6.45, 7) is 1.94. The number of nitrogens with zero attached hydrogens (tertiary/aromatic N) is 3. The number of aryl methyl sites for hydroxylation is 1. The molecule has 1 aliphatic heterocycles. The number of hydrogen-bond donors (Lipinski definition) is 2. The van der Waals surface area contributed by atoms with Gasteiger partial charge in [0.25, 0.3) is 5.89 Å². The van der Waals surface area contributed by atoms with E-state index in [9.17, 15) is 18.0 Å². The number of dihydropyridines is 1. The first-order chi connectivity index (χ1) is 16.6. The molecule has 2 heterocycles. The highest BCUT2D eigenvalue weighted by Gasteiger charge is 2.35. The fourth-order valence-corrected chi connectivity index (χ4v) is 3.94. The number of allylic oxidation sites excluding steroid dienone is 1. The average molecular weight is 505 g/mol. The number of carboxylic acids is 1. The van der Waals surface area contributed by atoms with E-state index < -0.39 is 29.3 Å². The zero-order chi connectivity index (χ0) is 25.2. The van der Waals surface area contributed by atoms with Gasteiger partial charge in [-0.2, -0.15) is 18.2 Å². The van der Waals surface area contributed by atoms with Gasteiger partial charge >= 0.3 is 12.1 Å². The number of carbonyl (C=O) groups is 1. The second-order valence-corrected chi connectivity index (χ2v) is 8.39. The van der Waals surface area contributed by atoms with Gasteiger partial charge in [-0.05, 0) is 35.7 Å². The number of aromatic nitrogens is 2. The lowest BCUT2D eigenvalue weighted by Gasteiger charge is -2.20. The summed E-state index contributed by atoms with van der Waals surface area (Å²) in [5, 5.41) is 14.9. The lowest BCUT2D eigenvalue weighted by molar-refractivity contribution is -0.137. The molecular weight excluding hydrogens is 485 g/mol. The smallest absolute Gasteiger partial charge is 0.417 e. The number of aliphatic imine (C=N–C) groups is 1. The summed E-state index contributed by atoms with van der Waals surface area (Å²) in [5.41, 5.74) is 1.02. The summed E-state index contributed by atoms with van der Waals surface area (Å²) in [4.78, 5) is 19.1. The summed E-state index contributed by atoms with van der Waals surface area (Å²) >= 11 is 6.31. The number of alkyl halides is 4. The van der Waals surface area contributed by atoms with Crippen LogP contribution in [0.5, 0.6) is 0 Å². The number of benzene rings is 2. The minimum absolute atomic E-state index is 0.0626. The highest BCUT2D eigenvalue weighted by atomic mass is 35.5.